The van der Waals surface area contributed by atoms with E-state index in [4.69, 9.17) is 9.47 Å². The molecular formula is C39H58O5. The molecule has 5 heteroatoms. The van der Waals surface area contributed by atoms with E-state index in [1.165, 1.54) is 44.1 Å². The maximum atomic E-state index is 13.2. The van der Waals surface area contributed by atoms with Crippen LogP contribution < -0.4 is 0 Å². The number of carbonyl (C=O) groups is 2. The predicted molar refractivity (Wildman–Crippen MR) is 175 cm³/mol. The van der Waals surface area contributed by atoms with Crippen molar-refractivity contribution < 1.29 is 24.2 Å². The summed E-state index contributed by atoms with van der Waals surface area (Å²) in [5.74, 6) is 0.919. The smallest absolute Gasteiger partial charge is 0.331 e. The average molecular weight is 607 g/mol. The Morgan fingerprint density at radius 3 is 2.45 bits per heavy atom. The quantitative estimate of drug-likeness (QED) is 0.227. The van der Waals surface area contributed by atoms with E-state index < -0.39 is 5.60 Å². The Kier molecular flexibility index (Phi) is 10.6. The molecule has 1 N–H and O–H groups in total. The van der Waals surface area contributed by atoms with Crippen LogP contribution in [0.2, 0.25) is 0 Å². The summed E-state index contributed by atoms with van der Waals surface area (Å²) >= 11 is 0. The molecule has 4 aliphatic rings. The number of cyclic esters (lactones) is 1. The van der Waals surface area contributed by atoms with Gasteiger partial charge in [-0.05, 0) is 98.5 Å². The summed E-state index contributed by atoms with van der Waals surface area (Å²) in [7, 11) is 0. The fourth-order valence-corrected chi connectivity index (χ4v) is 10.6. The topological polar surface area (TPSA) is 72.8 Å². The highest BCUT2D eigenvalue weighted by molar-refractivity contribution is 5.85. The second kappa shape index (κ2) is 14.1. The molecule has 0 amide bonds. The summed E-state index contributed by atoms with van der Waals surface area (Å²) in [4.78, 5) is 24.5. The van der Waals surface area contributed by atoms with Crippen molar-refractivity contribution >= 4 is 11.9 Å². The van der Waals surface area contributed by atoms with Crippen molar-refractivity contribution in [3.05, 3.63) is 47.5 Å². The second-order valence-corrected chi connectivity index (χ2v) is 15.5. The number of aliphatic hydroxyl groups is 1. The van der Waals surface area contributed by atoms with Crippen molar-refractivity contribution in [2.75, 3.05) is 6.61 Å². The van der Waals surface area contributed by atoms with Gasteiger partial charge in [-0.25, -0.2) is 4.79 Å². The standard InChI is InChI=1S/C39H58O5/c1-28(13-10-17-31-15-6-5-7-16-31)14-11-22-38-23-12-21-37(4,33-18-8-9-19-33)36(38)34(44-30(3)40)25-29(2)39(38,42)24-20-32-26-35(41)43-27-32/h5-7,15-16,26,28-29,33-34,36,42H,8-14,17-25,27H2,1-4H3/t28-,29-,34-,36+,37+,38+,39-/m1/s1. The van der Waals surface area contributed by atoms with E-state index in [1.54, 1.807) is 13.0 Å². The number of rotatable bonds is 13. The lowest BCUT2D eigenvalue weighted by molar-refractivity contribution is -0.268. The summed E-state index contributed by atoms with van der Waals surface area (Å²) in [5, 5.41) is 13.2. The molecule has 3 aliphatic carbocycles. The van der Waals surface area contributed by atoms with Gasteiger partial charge in [-0.3, -0.25) is 4.79 Å². The molecule has 0 unspecified atom stereocenters. The minimum absolute atomic E-state index is 0.00375. The number of hydrogen-bond donors (Lipinski definition) is 1. The molecule has 0 bridgehead atoms. The van der Waals surface area contributed by atoms with Crippen LogP contribution in [-0.4, -0.2) is 35.4 Å². The summed E-state index contributed by atoms with van der Waals surface area (Å²) in [6.07, 6.45) is 18.5. The Morgan fingerprint density at radius 2 is 1.77 bits per heavy atom. The third kappa shape index (κ3) is 6.83. The minimum Gasteiger partial charge on any atom is -0.462 e. The van der Waals surface area contributed by atoms with Gasteiger partial charge in [0.2, 0.25) is 0 Å². The third-order valence-corrected chi connectivity index (χ3v) is 12.8. The van der Waals surface area contributed by atoms with Crippen LogP contribution in [-0.2, 0) is 25.5 Å². The number of esters is 2. The van der Waals surface area contributed by atoms with E-state index >= 15 is 0 Å². The molecule has 0 radical (unpaired) electrons. The number of hydrogen-bond acceptors (Lipinski definition) is 5. The van der Waals surface area contributed by atoms with Crippen LogP contribution >= 0.6 is 0 Å². The fraction of sp³-hybridized carbons (Fsp3) is 0.744. The summed E-state index contributed by atoms with van der Waals surface area (Å²) in [6.45, 7) is 8.98. The fourth-order valence-electron chi connectivity index (χ4n) is 10.6. The second-order valence-electron chi connectivity index (χ2n) is 15.5. The van der Waals surface area contributed by atoms with Crippen LogP contribution in [0, 0.1) is 34.5 Å². The first-order chi connectivity index (χ1) is 21.1. The maximum Gasteiger partial charge on any atom is 0.331 e. The largest absolute Gasteiger partial charge is 0.462 e. The van der Waals surface area contributed by atoms with E-state index in [0.717, 1.165) is 50.5 Å². The monoisotopic (exact) mass is 606 g/mol. The van der Waals surface area contributed by atoms with E-state index in [0.29, 0.717) is 37.7 Å². The van der Waals surface area contributed by atoms with Crippen LogP contribution in [0.3, 0.4) is 0 Å². The van der Waals surface area contributed by atoms with Crippen LogP contribution in [0.1, 0.15) is 130 Å². The molecule has 0 aromatic heterocycles. The molecule has 3 saturated carbocycles. The number of benzene rings is 1. The molecule has 7 atom stereocenters. The molecule has 1 aliphatic heterocycles. The molecule has 1 heterocycles. The molecule has 44 heavy (non-hydrogen) atoms. The van der Waals surface area contributed by atoms with Crippen molar-refractivity contribution in [1.29, 1.82) is 0 Å². The van der Waals surface area contributed by atoms with Gasteiger partial charge in [0.25, 0.3) is 0 Å². The summed E-state index contributed by atoms with van der Waals surface area (Å²) in [6, 6.07) is 10.8. The van der Waals surface area contributed by atoms with Gasteiger partial charge in [-0.2, -0.15) is 0 Å². The highest BCUT2D eigenvalue weighted by Gasteiger charge is 2.68. The SMILES string of the molecule is CC(=O)O[C@@H]1C[C@@H](C)[C@](O)(CCC2=CC(=O)OC2)[C@@]2(CCC[C@H](C)CCCc3ccccc3)CCC[C@@](C)(C3CCCC3)[C@H]12. The van der Waals surface area contributed by atoms with Crippen molar-refractivity contribution in [3.63, 3.8) is 0 Å². The summed E-state index contributed by atoms with van der Waals surface area (Å²) in [5.41, 5.74) is 1.23. The Bertz CT molecular complexity index is 1150. The van der Waals surface area contributed by atoms with E-state index in [2.05, 4.69) is 51.1 Å². The zero-order valence-electron chi connectivity index (χ0n) is 28.0. The van der Waals surface area contributed by atoms with Crippen molar-refractivity contribution in [2.24, 2.45) is 34.5 Å². The van der Waals surface area contributed by atoms with Crippen LogP contribution in [0.15, 0.2) is 42.0 Å². The van der Waals surface area contributed by atoms with Crippen LogP contribution in [0.5, 0.6) is 0 Å². The van der Waals surface area contributed by atoms with Crippen molar-refractivity contribution in [1.82, 2.24) is 0 Å². The van der Waals surface area contributed by atoms with Gasteiger partial charge in [0.05, 0.1) is 5.60 Å². The molecule has 1 aromatic rings. The van der Waals surface area contributed by atoms with Gasteiger partial charge >= 0.3 is 11.9 Å². The van der Waals surface area contributed by atoms with E-state index in [-0.39, 0.29) is 40.7 Å². The number of carbonyl (C=O) groups excluding carboxylic acids is 2. The molecule has 3 fully saturated rings. The van der Waals surface area contributed by atoms with Crippen LogP contribution in [0.4, 0.5) is 0 Å². The highest BCUT2D eigenvalue weighted by atomic mass is 16.5. The van der Waals surface area contributed by atoms with Crippen LogP contribution in [0.25, 0.3) is 0 Å². The maximum absolute atomic E-state index is 13.2. The Labute approximate surface area is 266 Å². The Hall–Kier alpha value is -2.14. The lowest BCUT2D eigenvalue weighted by atomic mass is 9.39. The van der Waals surface area contributed by atoms with Gasteiger partial charge in [-0.15, -0.1) is 0 Å². The molecule has 244 valence electrons. The molecule has 1 aromatic carbocycles. The molecule has 0 spiro atoms. The normalized spacial score (nSPS) is 34.7. The molecule has 0 saturated heterocycles. The van der Waals surface area contributed by atoms with Crippen molar-refractivity contribution in [2.45, 2.75) is 142 Å². The zero-order chi connectivity index (χ0) is 31.4. The van der Waals surface area contributed by atoms with Crippen molar-refractivity contribution in [3.8, 4) is 0 Å². The number of ether oxygens (including phenoxy) is 2. The first kappa shape index (κ1) is 33.2. The number of fused-ring (bicyclic) bond motifs is 1. The predicted octanol–water partition coefficient (Wildman–Crippen LogP) is 8.76. The van der Waals surface area contributed by atoms with Gasteiger partial charge in [0.1, 0.15) is 12.7 Å². The highest BCUT2D eigenvalue weighted by Crippen LogP contribution is 2.69. The van der Waals surface area contributed by atoms with Gasteiger partial charge in [0.15, 0.2) is 0 Å². The lowest BCUT2D eigenvalue weighted by Gasteiger charge is -2.67. The zero-order valence-corrected chi connectivity index (χ0v) is 28.0. The molecule has 5 nitrogen and oxygen atoms in total. The molecular weight excluding hydrogens is 548 g/mol. The Balaban J connectivity index is 1.41. The first-order valence-corrected chi connectivity index (χ1v) is 17.9. The van der Waals surface area contributed by atoms with Gasteiger partial charge in [-0.1, -0.05) is 89.6 Å². The van der Waals surface area contributed by atoms with E-state index in [1.807, 2.05) is 0 Å². The third-order valence-electron chi connectivity index (χ3n) is 12.8. The lowest BCUT2D eigenvalue weighted by Crippen LogP contribution is -2.69. The average Bonchev–Trinajstić information content (AvgIpc) is 3.68. The van der Waals surface area contributed by atoms with Gasteiger partial charge < -0.3 is 14.6 Å². The number of aryl methyl sites for hydroxylation is 1. The minimum atomic E-state index is -0.891. The first-order valence-electron chi connectivity index (χ1n) is 17.9. The molecule has 5 rings (SSSR count). The van der Waals surface area contributed by atoms with E-state index in [9.17, 15) is 14.7 Å². The Morgan fingerprint density at radius 1 is 1.05 bits per heavy atom. The summed E-state index contributed by atoms with van der Waals surface area (Å²) < 4.78 is 11.5. The van der Waals surface area contributed by atoms with Gasteiger partial charge in [0, 0.05) is 24.3 Å².